The number of aromatic nitrogens is 2. The van der Waals surface area contributed by atoms with Crippen LogP contribution in [0.15, 0.2) is 48.0 Å². The molecule has 1 aromatic carbocycles. The van der Waals surface area contributed by atoms with Crippen LogP contribution in [-0.4, -0.2) is 15.9 Å². The highest BCUT2D eigenvalue weighted by Gasteiger charge is 2.10. The van der Waals surface area contributed by atoms with E-state index in [1.807, 2.05) is 29.6 Å². The number of nitrogens with one attached hydrogen (secondary N) is 1. The summed E-state index contributed by atoms with van der Waals surface area (Å²) in [6.45, 7) is 0. The third kappa shape index (κ3) is 3.63. The number of hydrogen-bond acceptors (Lipinski definition) is 4. The summed E-state index contributed by atoms with van der Waals surface area (Å²) < 4.78 is 1.17. The van der Waals surface area contributed by atoms with Gasteiger partial charge in [-0.2, -0.15) is 0 Å². The van der Waals surface area contributed by atoms with E-state index in [4.69, 9.17) is 11.6 Å². The van der Waals surface area contributed by atoms with Crippen LogP contribution >= 0.6 is 45.5 Å². The van der Waals surface area contributed by atoms with Crippen molar-refractivity contribution in [1.29, 1.82) is 0 Å². The van der Waals surface area contributed by atoms with Crippen LogP contribution in [0.4, 0.5) is 5.13 Å². The number of thiazole rings is 1. The van der Waals surface area contributed by atoms with Crippen LogP contribution in [0.2, 0.25) is 5.15 Å². The third-order valence-corrected chi connectivity index (χ3v) is 4.55. The molecule has 4 nitrogen and oxygen atoms in total. The molecule has 3 rings (SSSR count). The molecular weight excluding hydrogens is 433 g/mol. The van der Waals surface area contributed by atoms with Gasteiger partial charge in [0.05, 0.1) is 11.3 Å². The number of rotatable bonds is 3. The number of hydrogen-bond donors (Lipinski definition) is 1. The lowest BCUT2D eigenvalue weighted by Gasteiger charge is -2.01. The van der Waals surface area contributed by atoms with E-state index in [0.717, 1.165) is 11.3 Å². The maximum Gasteiger partial charge on any atom is 0.259 e. The zero-order valence-electron chi connectivity index (χ0n) is 11.1. The van der Waals surface area contributed by atoms with Gasteiger partial charge in [0.15, 0.2) is 5.13 Å². The van der Waals surface area contributed by atoms with Crippen molar-refractivity contribution in [2.24, 2.45) is 0 Å². The number of nitrogens with zero attached hydrogens (tertiary/aromatic N) is 2. The first-order valence-corrected chi connectivity index (χ1v) is 8.60. The van der Waals surface area contributed by atoms with Gasteiger partial charge >= 0.3 is 0 Å². The van der Waals surface area contributed by atoms with Crippen molar-refractivity contribution in [3.8, 4) is 11.3 Å². The van der Waals surface area contributed by atoms with E-state index in [0.29, 0.717) is 15.8 Å². The van der Waals surface area contributed by atoms with Crippen LogP contribution in [0, 0.1) is 3.57 Å². The molecule has 0 unspecified atom stereocenters. The van der Waals surface area contributed by atoms with Gasteiger partial charge in [-0.3, -0.25) is 10.1 Å². The van der Waals surface area contributed by atoms with Crippen LogP contribution in [0.25, 0.3) is 11.3 Å². The van der Waals surface area contributed by atoms with Gasteiger partial charge in [-0.15, -0.1) is 11.3 Å². The SMILES string of the molecule is O=C(Nc1nc(-c2ccc(I)cc2)cs1)c1ccc(Cl)nc1. The average molecular weight is 442 g/mol. The van der Waals surface area contributed by atoms with E-state index in [1.54, 1.807) is 12.1 Å². The molecule has 0 atom stereocenters. The minimum atomic E-state index is -0.257. The Hall–Kier alpha value is -1.51. The molecule has 22 heavy (non-hydrogen) atoms. The van der Waals surface area contributed by atoms with Gasteiger partial charge in [0.1, 0.15) is 5.15 Å². The number of benzene rings is 1. The average Bonchev–Trinajstić information content (AvgIpc) is 2.97. The van der Waals surface area contributed by atoms with Gasteiger partial charge in [-0.05, 0) is 46.9 Å². The van der Waals surface area contributed by atoms with E-state index in [2.05, 4.69) is 37.9 Å². The maximum absolute atomic E-state index is 12.1. The highest BCUT2D eigenvalue weighted by atomic mass is 127. The smallest absolute Gasteiger partial charge is 0.259 e. The lowest BCUT2D eigenvalue weighted by atomic mass is 10.2. The van der Waals surface area contributed by atoms with Crippen molar-refractivity contribution >= 4 is 56.6 Å². The minimum Gasteiger partial charge on any atom is -0.298 e. The summed E-state index contributed by atoms with van der Waals surface area (Å²) in [5.74, 6) is -0.257. The number of carbonyl (C=O) groups is 1. The molecule has 0 saturated carbocycles. The maximum atomic E-state index is 12.1. The van der Waals surface area contributed by atoms with Crippen molar-refractivity contribution in [3.05, 3.63) is 62.3 Å². The predicted molar refractivity (Wildman–Crippen MR) is 97.5 cm³/mol. The van der Waals surface area contributed by atoms with Crippen molar-refractivity contribution < 1.29 is 4.79 Å². The van der Waals surface area contributed by atoms with Crippen molar-refractivity contribution in [3.63, 3.8) is 0 Å². The Kier molecular flexibility index (Phi) is 4.70. The zero-order chi connectivity index (χ0) is 15.5. The summed E-state index contributed by atoms with van der Waals surface area (Å²) in [5.41, 5.74) is 2.30. The molecule has 2 heterocycles. The Balaban J connectivity index is 1.75. The first kappa shape index (κ1) is 15.4. The first-order valence-electron chi connectivity index (χ1n) is 6.26. The fourth-order valence-corrected chi connectivity index (χ4v) is 2.95. The van der Waals surface area contributed by atoms with Crippen molar-refractivity contribution in [2.75, 3.05) is 5.32 Å². The molecule has 0 radical (unpaired) electrons. The Morgan fingerprint density at radius 2 is 1.95 bits per heavy atom. The van der Waals surface area contributed by atoms with Crippen molar-refractivity contribution in [2.45, 2.75) is 0 Å². The molecule has 0 spiro atoms. The fourth-order valence-electron chi connectivity index (χ4n) is 1.76. The van der Waals surface area contributed by atoms with Crippen molar-refractivity contribution in [1.82, 2.24) is 9.97 Å². The van der Waals surface area contributed by atoms with E-state index < -0.39 is 0 Å². The van der Waals surface area contributed by atoms with Gasteiger partial charge in [0, 0.05) is 20.7 Å². The molecule has 0 aliphatic rings. The molecule has 2 aromatic heterocycles. The zero-order valence-corrected chi connectivity index (χ0v) is 14.8. The van der Waals surface area contributed by atoms with Gasteiger partial charge in [0.2, 0.25) is 0 Å². The predicted octanol–water partition coefficient (Wildman–Crippen LogP) is 4.72. The molecule has 0 bridgehead atoms. The molecule has 0 saturated heterocycles. The summed E-state index contributed by atoms with van der Waals surface area (Å²) in [6, 6.07) is 11.3. The standard InChI is InChI=1S/C15H9ClIN3OS/c16-13-6-3-10(7-18-13)14(21)20-15-19-12(8-22-15)9-1-4-11(17)5-2-9/h1-8H,(H,19,20,21). The Labute approximate surface area is 149 Å². The lowest BCUT2D eigenvalue weighted by Crippen LogP contribution is -2.11. The van der Waals surface area contributed by atoms with E-state index >= 15 is 0 Å². The van der Waals surface area contributed by atoms with E-state index in [1.165, 1.54) is 21.1 Å². The topological polar surface area (TPSA) is 54.9 Å². The number of amides is 1. The molecule has 1 N–H and O–H groups in total. The summed E-state index contributed by atoms with van der Waals surface area (Å²) >= 11 is 9.34. The Morgan fingerprint density at radius 3 is 2.64 bits per heavy atom. The van der Waals surface area contributed by atoms with Crippen LogP contribution in [0.1, 0.15) is 10.4 Å². The second kappa shape index (κ2) is 6.72. The quantitative estimate of drug-likeness (QED) is 0.473. The van der Waals surface area contributed by atoms with E-state index in [9.17, 15) is 4.79 Å². The number of anilines is 1. The van der Waals surface area contributed by atoms with Crippen LogP contribution in [0.5, 0.6) is 0 Å². The Bertz CT molecular complexity index is 802. The first-order chi connectivity index (χ1) is 10.6. The van der Waals surface area contributed by atoms with Crippen LogP contribution in [-0.2, 0) is 0 Å². The molecule has 1 amide bonds. The summed E-state index contributed by atoms with van der Waals surface area (Å²) in [5, 5.41) is 5.58. The second-order valence-electron chi connectivity index (χ2n) is 4.37. The monoisotopic (exact) mass is 441 g/mol. The van der Waals surface area contributed by atoms with Gasteiger partial charge in [-0.1, -0.05) is 23.7 Å². The number of halogens is 2. The summed E-state index contributed by atoms with van der Waals surface area (Å²) in [6.07, 6.45) is 1.44. The molecule has 3 aromatic rings. The molecule has 110 valence electrons. The normalized spacial score (nSPS) is 10.5. The van der Waals surface area contributed by atoms with Crippen LogP contribution < -0.4 is 5.32 Å². The highest BCUT2D eigenvalue weighted by Crippen LogP contribution is 2.25. The van der Waals surface area contributed by atoms with Gasteiger partial charge in [-0.25, -0.2) is 9.97 Å². The highest BCUT2D eigenvalue weighted by molar-refractivity contribution is 14.1. The summed E-state index contributed by atoms with van der Waals surface area (Å²) in [4.78, 5) is 20.4. The molecule has 0 fully saturated rings. The lowest BCUT2D eigenvalue weighted by molar-refractivity contribution is 0.102. The number of carbonyl (C=O) groups excluding carboxylic acids is 1. The molecule has 7 heteroatoms. The fraction of sp³-hybridized carbons (Fsp3) is 0. The molecular formula is C15H9ClIN3OS. The molecule has 0 aliphatic carbocycles. The Morgan fingerprint density at radius 1 is 1.18 bits per heavy atom. The van der Waals surface area contributed by atoms with E-state index in [-0.39, 0.29) is 5.91 Å². The molecule has 0 aliphatic heterocycles. The van der Waals surface area contributed by atoms with Gasteiger partial charge < -0.3 is 0 Å². The largest absolute Gasteiger partial charge is 0.298 e. The number of pyridine rings is 1. The minimum absolute atomic E-state index is 0.257. The van der Waals surface area contributed by atoms with Crippen LogP contribution in [0.3, 0.4) is 0 Å². The third-order valence-electron chi connectivity index (χ3n) is 2.85. The summed E-state index contributed by atoms with van der Waals surface area (Å²) in [7, 11) is 0. The van der Waals surface area contributed by atoms with Gasteiger partial charge in [0.25, 0.3) is 5.91 Å². The second-order valence-corrected chi connectivity index (χ2v) is 6.86.